The van der Waals surface area contributed by atoms with E-state index in [1.54, 1.807) is 4.90 Å². The van der Waals surface area contributed by atoms with E-state index in [4.69, 9.17) is 4.74 Å². The fourth-order valence-corrected chi connectivity index (χ4v) is 7.68. The van der Waals surface area contributed by atoms with Gasteiger partial charge in [-0.15, -0.1) is 0 Å². The van der Waals surface area contributed by atoms with Crippen LogP contribution in [0, 0.1) is 11.3 Å². The first-order valence-electron chi connectivity index (χ1n) is 16.5. The van der Waals surface area contributed by atoms with Crippen LogP contribution in [0.5, 0.6) is 0 Å². The second-order valence-electron chi connectivity index (χ2n) is 13.2. The zero-order valence-electron chi connectivity index (χ0n) is 26.7. The van der Waals surface area contributed by atoms with Gasteiger partial charge in [-0.25, -0.2) is 4.79 Å². The van der Waals surface area contributed by atoms with E-state index in [9.17, 15) is 14.4 Å². The summed E-state index contributed by atoms with van der Waals surface area (Å²) in [5.74, 6) is -0.310. The molecule has 2 amide bonds. The molecule has 3 aromatic carbocycles. The lowest BCUT2D eigenvalue weighted by atomic mass is 9.76. The van der Waals surface area contributed by atoms with Crippen molar-refractivity contribution in [3.63, 3.8) is 0 Å². The molecule has 1 spiro atoms. The number of unbranched alkanes of at least 4 members (excludes halogenated alkanes) is 1. The fourth-order valence-electron chi connectivity index (χ4n) is 7.68. The molecule has 3 aliphatic rings. The Morgan fingerprint density at radius 2 is 1.40 bits per heavy atom. The Labute approximate surface area is 267 Å². The summed E-state index contributed by atoms with van der Waals surface area (Å²) < 4.78 is 5.57. The Kier molecular flexibility index (Phi) is 8.82. The van der Waals surface area contributed by atoms with Gasteiger partial charge in [0, 0.05) is 26.2 Å². The van der Waals surface area contributed by atoms with Gasteiger partial charge in [0.2, 0.25) is 11.8 Å². The molecule has 4 atom stereocenters. The van der Waals surface area contributed by atoms with Gasteiger partial charge in [-0.1, -0.05) is 118 Å². The minimum absolute atomic E-state index is 0.0104. The van der Waals surface area contributed by atoms with E-state index in [0.717, 1.165) is 29.5 Å². The average molecular weight is 608 g/mol. The van der Waals surface area contributed by atoms with E-state index in [2.05, 4.69) is 84.6 Å². The highest BCUT2D eigenvalue weighted by atomic mass is 16.5. The molecular weight excluding hydrogens is 562 g/mol. The predicted molar refractivity (Wildman–Crippen MR) is 174 cm³/mol. The highest BCUT2D eigenvalue weighted by Crippen LogP contribution is 2.49. The van der Waals surface area contributed by atoms with Gasteiger partial charge in [0.05, 0.1) is 17.6 Å². The largest absolute Gasteiger partial charge is 0.464 e. The standard InChI is InChI=1S/C38H45N3O4/c1-4-5-25-45-35(43)33(28(2)3)40-24-22-37(36(40)44)21-23-39(27-37)34(42)32-26-41(32)38(29-15-9-6-10-16-29,30-17-11-7-12-18-30)31-19-13-8-14-20-31/h6-20,28,32-33H,4-5,21-27H2,1-3H3/t32-,33+,37?,41?/m1/s1. The number of carbonyl (C=O) groups is 3. The lowest BCUT2D eigenvalue weighted by molar-refractivity contribution is -0.157. The third-order valence-corrected chi connectivity index (χ3v) is 10.1. The summed E-state index contributed by atoms with van der Waals surface area (Å²) in [6, 6.07) is 30.4. The summed E-state index contributed by atoms with van der Waals surface area (Å²) in [6.07, 6.45) is 3.02. The van der Waals surface area contributed by atoms with Crippen molar-refractivity contribution in [2.75, 3.05) is 32.8 Å². The van der Waals surface area contributed by atoms with Gasteiger partial charge in [-0.3, -0.25) is 14.5 Å². The van der Waals surface area contributed by atoms with Crippen molar-refractivity contribution >= 4 is 17.8 Å². The molecule has 3 aliphatic heterocycles. The number of esters is 1. The molecular formula is C38H45N3O4. The average Bonchev–Trinajstić information content (AvgIpc) is 3.64. The third-order valence-electron chi connectivity index (χ3n) is 10.1. The number of rotatable bonds is 11. The van der Waals surface area contributed by atoms with Gasteiger partial charge in [0.15, 0.2) is 0 Å². The summed E-state index contributed by atoms with van der Waals surface area (Å²) in [7, 11) is 0. The number of amides is 2. The number of carbonyl (C=O) groups excluding carboxylic acids is 3. The maximum Gasteiger partial charge on any atom is 0.329 e. The molecule has 236 valence electrons. The summed E-state index contributed by atoms with van der Waals surface area (Å²) in [4.78, 5) is 47.3. The molecule has 0 aromatic heterocycles. The minimum Gasteiger partial charge on any atom is -0.464 e. The summed E-state index contributed by atoms with van der Waals surface area (Å²) in [6.45, 7) is 8.45. The second kappa shape index (κ2) is 12.8. The van der Waals surface area contributed by atoms with E-state index >= 15 is 0 Å². The lowest BCUT2D eigenvalue weighted by Crippen LogP contribution is -2.49. The van der Waals surface area contributed by atoms with Gasteiger partial charge in [0.1, 0.15) is 12.1 Å². The van der Waals surface area contributed by atoms with Crippen LogP contribution in [0.25, 0.3) is 0 Å². The SMILES string of the molecule is CCCCOC(=O)[C@H](C(C)C)N1CCC2(CCN(C(=O)[C@H]3CN3C(c3ccccc3)(c3ccccc3)c3ccccc3)C2)C1=O. The van der Waals surface area contributed by atoms with Crippen molar-refractivity contribution in [3.8, 4) is 0 Å². The molecule has 0 bridgehead atoms. The molecule has 45 heavy (non-hydrogen) atoms. The molecule has 7 nitrogen and oxygen atoms in total. The van der Waals surface area contributed by atoms with Crippen LogP contribution in [-0.2, 0) is 24.7 Å². The summed E-state index contributed by atoms with van der Waals surface area (Å²) in [5.41, 5.74) is 2.07. The van der Waals surface area contributed by atoms with Gasteiger partial charge in [0.25, 0.3) is 0 Å². The quantitative estimate of drug-likeness (QED) is 0.125. The molecule has 0 radical (unpaired) electrons. The number of nitrogens with zero attached hydrogens (tertiary/aromatic N) is 3. The van der Waals surface area contributed by atoms with E-state index < -0.39 is 17.0 Å². The molecule has 7 heteroatoms. The maximum atomic E-state index is 14.3. The van der Waals surface area contributed by atoms with Crippen molar-refractivity contribution in [2.24, 2.45) is 11.3 Å². The van der Waals surface area contributed by atoms with E-state index in [0.29, 0.717) is 45.6 Å². The Hall–Kier alpha value is -3.97. The zero-order valence-corrected chi connectivity index (χ0v) is 26.7. The number of benzene rings is 3. The predicted octanol–water partition coefficient (Wildman–Crippen LogP) is 5.48. The topological polar surface area (TPSA) is 69.9 Å². The first-order chi connectivity index (χ1) is 21.8. The van der Waals surface area contributed by atoms with Crippen LogP contribution in [0.3, 0.4) is 0 Å². The maximum absolute atomic E-state index is 14.3. The molecule has 0 N–H and O–H groups in total. The first kappa shape index (κ1) is 31.0. The smallest absolute Gasteiger partial charge is 0.329 e. The van der Waals surface area contributed by atoms with Crippen LogP contribution < -0.4 is 0 Å². The highest BCUT2D eigenvalue weighted by molar-refractivity contribution is 5.92. The van der Waals surface area contributed by atoms with Crippen molar-refractivity contribution < 1.29 is 19.1 Å². The molecule has 3 aromatic rings. The van der Waals surface area contributed by atoms with Gasteiger partial charge in [-0.05, 0) is 41.9 Å². The molecule has 0 aliphatic carbocycles. The first-order valence-corrected chi connectivity index (χ1v) is 16.5. The Morgan fingerprint density at radius 3 is 1.91 bits per heavy atom. The number of ether oxygens (including phenoxy) is 1. The molecule has 2 unspecified atom stereocenters. The Bertz CT molecular complexity index is 1400. The van der Waals surface area contributed by atoms with Crippen LogP contribution in [0.4, 0.5) is 0 Å². The van der Waals surface area contributed by atoms with Gasteiger partial charge < -0.3 is 14.5 Å². The van der Waals surface area contributed by atoms with Crippen LogP contribution in [0.1, 0.15) is 63.1 Å². The summed E-state index contributed by atoms with van der Waals surface area (Å²) in [5, 5.41) is 0. The molecule has 6 rings (SSSR count). The number of hydrogen-bond acceptors (Lipinski definition) is 5. The van der Waals surface area contributed by atoms with Crippen LogP contribution in [-0.4, -0.2) is 77.4 Å². The monoisotopic (exact) mass is 607 g/mol. The summed E-state index contributed by atoms with van der Waals surface area (Å²) >= 11 is 0. The normalized spacial score (nSPS) is 23.5. The Morgan fingerprint density at radius 1 is 0.867 bits per heavy atom. The zero-order chi connectivity index (χ0) is 31.6. The van der Waals surface area contributed by atoms with Crippen molar-refractivity contribution in [2.45, 2.75) is 64.1 Å². The molecule has 3 heterocycles. The van der Waals surface area contributed by atoms with E-state index in [1.807, 2.05) is 36.9 Å². The van der Waals surface area contributed by atoms with Crippen molar-refractivity contribution in [3.05, 3.63) is 108 Å². The molecule has 0 saturated carbocycles. The molecule has 3 fully saturated rings. The second-order valence-corrected chi connectivity index (χ2v) is 13.2. The van der Waals surface area contributed by atoms with E-state index in [1.165, 1.54) is 0 Å². The third kappa shape index (κ3) is 5.56. The molecule has 3 saturated heterocycles. The van der Waals surface area contributed by atoms with Crippen molar-refractivity contribution in [1.82, 2.24) is 14.7 Å². The highest BCUT2D eigenvalue weighted by Gasteiger charge is 2.60. The fraction of sp³-hybridized carbons (Fsp3) is 0.447. The van der Waals surface area contributed by atoms with Crippen LogP contribution in [0.15, 0.2) is 91.0 Å². The minimum atomic E-state index is -0.637. The van der Waals surface area contributed by atoms with Gasteiger partial charge >= 0.3 is 5.97 Å². The van der Waals surface area contributed by atoms with Crippen LogP contribution >= 0.6 is 0 Å². The number of likely N-dealkylation sites (tertiary alicyclic amines) is 2. The lowest BCUT2D eigenvalue weighted by Gasteiger charge is -2.38. The van der Waals surface area contributed by atoms with Crippen LogP contribution in [0.2, 0.25) is 0 Å². The number of hydrogen-bond donors (Lipinski definition) is 0. The van der Waals surface area contributed by atoms with Gasteiger partial charge in [-0.2, -0.15) is 0 Å². The van der Waals surface area contributed by atoms with E-state index in [-0.39, 0.29) is 29.7 Å². The van der Waals surface area contributed by atoms with Crippen molar-refractivity contribution in [1.29, 1.82) is 0 Å². The Balaban J connectivity index is 1.24.